The Kier molecular flexibility index (Phi) is 8.22. The van der Waals surface area contributed by atoms with Gasteiger partial charge >= 0.3 is 12.2 Å². The molecular weight excluding hydrogens is 586 g/mol. The summed E-state index contributed by atoms with van der Waals surface area (Å²) >= 11 is 0. The van der Waals surface area contributed by atoms with E-state index in [1.54, 1.807) is 54.7 Å². The predicted octanol–water partition coefficient (Wildman–Crippen LogP) is 7.32. The largest absolute Gasteiger partial charge is 0.416 e. The van der Waals surface area contributed by atoms with Gasteiger partial charge in [-0.2, -0.15) is 18.2 Å². The van der Waals surface area contributed by atoms with E-state index in [0.717, 1.165) is 10.5 Å². The van der Waals surface area contributed by atoms with Gasteiger partial charge in [0.1, 0.15) is 11.6 Å². The van der Waals surface area contributed by atoms with Crippen LogP contribution in [0.2, 0.25) is 0 Å². The lowest BCUT2D eigenvalue weighted by atomic mass is 10.1. The Morgan fingerprint density at radius 1 is 1.07 bits per heavy atom. The van der Waals surface area contributed by atoms with Gasteiger partial charge in [-0.25, -0.2) is 23.2 Å². The second kappa shape index (κ2) is 11.9. The molecule has 0 radical (unpaired) electrons. The SMILES string of the molecule is CN(C(=O)Nc1cc(C(F)(F)F)ccc1F)c1ccc(-c2cnc3nc2NCCCCS(=N)(=O)c2cccc(c2)N3)cc1. The minimum atomic E-state index is -4.69. The van der Waals surface area contributed by atoms with Gasteiger partial charge in [-0.1, -0.05) is 18.2 Å². The van der Waals surface area contributed by atoms with E-state index in [9.17, 15) is 26.6 Å². The number of fused-ring (bicyclic) bond motifs is 4. The number of hydrogen-bond donors (Lipinski definition) is 4. The first-order valence-corrected chi connectivity index (χ1v) is 14.9. The molecule has 0 spiro atoms. The smallest absolute Gasteiger partial charge is 0.369 e. The van der Waals surface area contributed by atoms with Gasteiger partial charge in [-0.15, -0.1) is 0 Å². The predicted molar refractivity (Wildman–Crippen MR) is 158 cm³/mol. The number of amides is 2. The summed E-state index contributed by atoms with van der Waals surface area (Å²) in [5.74, 6) is 0.0787. The van der Waals surface area contributed by atoms with Crippen molar-refractivity contribution in [1.82, 2.24) is 9.97 Å². The van der Waals surface area contributed by atoms with Crippen LogP contribution in [0, 0.1) is 10.6 Å². The van der Waals surface area contributed by atoms with E-state index in [1.165, 1.54) is 7.05 Å². The first-order chi connectivity index (χ1) is 20.4. The maximum absolute atomic E-state index is 14.1. The Labute approximate surface area is 245 Å². The van der Waals surface area contributed by atoms with Gasteiger partial charge in [-0.05, 0) is 66.9 Å². The number of rotatable bonds is 3. The first kappa shape index (κ1) is 29.8. The number of nitrogens with zero attached hydrogens (tertiary/aromatic N) is 3. The molecule has 1 aliphatic rings. The van der Waals surface area contributed by atoms with Gasteiger partial charge in [0.2, 0.25) is 5.95 Å². The van der Waals surface area contributed by atoms with E-state index in [1.807, 2.05) is 0 Å². The Morgan fingerprint density at radius 2 is 1.84 bits per heavy atom. The van der Waals surface area contributed by atoms with Crippen molar-refractivity contribution in [3.8, 4) is 11.1 Å². The fourth-order valence-electron chi connectivity index (χ4n) is 4.43. The van der Waals surface area contributed by atoms with Crippen LogP contribution in [0.3, 0.4) is 0 Å². The maximum Gasteiger partial charge on any atom is 0.416 e. The highest BCUT2D eigenvalue weighted by Gasteiger charge is 2.31. The van der Waals surface area contributed by atoms with Crippen LogP contribution in [0.4, 0.5) is 51.2 Å². The van der Waals surface area contributed by atoms with Crippen molar-refractivity contribution in [1.29, 1.82) is 4.78 Å². The van der Waals surface area contributed by atoms with Crippen molar-refractivity contribution in [2.24, 2.45) is 0 Å². The molecule has 0 fully saturated rings. The quantitative estimate of drug-likeness (QED) is 0.180. The molecule has 4 bridgehead atoms. The minimum Gasteiger partial charge on any atom is -0.369 e. The fraction of sp³-hybridized carbons (Fsp3) is 0.207. The molecule has 1 aliphatic heterocycles. The lowest BCUT2D eigenvalue weighted by Crippen LogP contribution is -2.31. The normalized spacial score (nSPS) is 16.9. The number of hydrogen-bond acceptors (Lipinski definition) is 7. The summed E-state index contributed by atoms with van der Waals surface area (Å²) in [7, 11) is -1.53. The maximum atomic E-state index is 14.1. The minimum absolute atomic E-state index is 0.233. The van der Waals surface area contributed by atoms with Crippen molar-refractivity contribution in [2.45, 2.75) is 23.9 Å². The summed E-state index contributed by atoms with van der Waals surface area (Å²) in [6.07, 6.45) is -1.82. The van der Waals surface area contributed by atoms with Crippen LogP contribution in [0.25, 0.3) is 11.1 Å². The molecule has 0 saturated heterocycles. The Morgan fingerprint density at radius 3 is 2.58 bits per heavy atom. The lowest BCUT2D eigenvalue weighted by Gasteiger charge is -2.19. The molecule has 224 valence electrons. The van der Waals surface area contributed by atoms with Gasteiger partial charge in [0, 0.05) is 47.4 Å². The van der Waals surface area contributed by atoms with Crippen LogP contribution in [-0.2, 0) is 15.9 Å². The van der Waals surface area contributed by atoms with Gasteiger partial charge in [0.05, 0.1) is 21.0 Å². The van der Waals surface area contributed by atoms with E-state index in [-0.39, 0.29) is 5.75 Å². The number of alkyl halides is 3. The average Bonchev–Trinajstić information content (AvgIpc) is 2.97. The second-order valence-corrected chi connectivity index (χ2v) is 12.1. The molecule has 2 heterocycles. The highest BCUT2D eigenvalue weighted by molar-refractivity contribution is 7.92. The zero-order chi connectivity index (χ0) is 30.8. The van der Waals surface area contributed by atoms with Gasteiger partial charge in [-0.3, -0.25) is 4.90 Å². The van der Waals surface area contributed by atoms with E-state index < -0.39 is 39.0 Å². The number of benzene rings is 3. The Bertz CT molecular complexity index is 1760. The molecule has 4 N–H and O–H groups in total. The fourth-order valence-corrected chi connectivity index (χ4v) is 5.89. The average molecular weight is 614 g/mol. The van der Waals surface area contributed by atoms with E-state index in [2.05, 4.69) is 25.9 Å². The molecule has 14 heteroatoms. The third-order valence-electron chi connectivity index (χ3n) is 6.82. The van der Waals surface area contributed by atoms with Crippen LogP contribution >= 0.6 is 0 Å². The third kappa shape index (κ3) is 6.85. The van der Waals surface area contributed by atoms with Crippen LogP contribution in [0.5, 0.6) is 0 Å². The molecule has 2 amide bonds. The number of carbonyl (C=O) groups is 1. The number of nitrogens with one attached hydrogen (secondary N) is 4. The Balaban J connectivity index is 1.36. The number of carbonyl (C=O) groups excluding carboxylic acids is 1. The molecule has 0 aliphatic carbocycles. The zero-order valence-electron chi connectivity index (χ0n) is 22.8. The standard InChI is InChI=1S/C29H27F4N7O2S/c1-40(28(41)38-25-15-19(29(31,32)33)9-12-24(25)30)21-10-7-18(8-11-21)23-17-36-27-37-20-5-4-6-22(16-20)43(34,42)14-3-2-13-35-26(23)39-27/h4-12,15-17,34H,2-3,13-14H2,1H3,(H,38,41)(H2,35,36,37,39). The summed E-state index contributed by atoms with van der Waals surface area (Å²) in [6.45, 7) is 0.518. The van der Waals surface area contributed by atoms with Crippen LogP contribution in [-0.4, -0.2) is 39.6 Å². The molecular formula is C29H27F4N7O2S. The molecule has 3 aromatic carbocycles. The summed E-state index contributed by atoms with van der Waals surface area (Å²) < 4.78 is 74.5. The molecule has 4 aromatic rings. The van der Waals surface area contributed by atoms with Crippen molar-refractivity contribution >= 4 is 44.6 Å². The molecule has 1 unspecified atom stereocenters. The number of urea groups is 1. The molecule has 1 atom stereocenters. The highest BCUT2D eigenvalue weighted by atomic mass is 32.2. The van der Waals surface area contributed by atoms with Crippen LogP contribution < -0.4 is 20.9 Å². The lowest BCUT2D eigenvalue weighted by molar-refractivity contribution is -0.137. The van der Waals surface area contributed by atoms with Gasteiger partial charge in [0.15, 0.2) is 0 Å². The zero-order valence-corrected chi connectivity index (χ0v) is 23.7. The second-order valence-electron chi connectivity index (χ2n) is 9.85. The monoisotopic (exact) mass is 613 g/mol. The van der Waals surface area contributed by atoms with E-state index in [0.29, 0.717) is 71.2 Å². The third-order valence-corrected chi connectivity index (χ3v) is 8.70. The molecule has 43 heavy (non-hydrogen) atoms. The molecule has 1 aromatic heterocycles. The highest BCUT2D eigenvalue weighted by Crippen LogP contribution is 2.33. The summed E-state index contributed by atoms with van der Waals surface area (Å²) in [4.78, 5) is 23.4. The van der Waals surface area contributed by atoms with Crippen LogP contribution in [0.1, 0.15) is 18.4 Å². The first-order valence-electron chi connectivity index (χ1n) is 13.2. The Hall–Kier alpha value is -4.72. The molecule has 0 saturated carbocycles. The summed E-state index contributed by atoms with van der Waals surface area (Å²) in [5.41, 5.74) is 0.725. The van der Waals surface area contributed by atoms with Crippen molar-refractivity contribution in [2.75, 3.05) is 40.2 Å². The van der Waals surface area contributed by atoms with Crippen molar-refractivity contribution in [3.63, 3.8) is 0 Å². The summed E-state index contributed by atoms with van der Waals surface area (Å²) in [5, 5.41) is 8.58. The number of anilines is 5. The topological polar surface area (TPSA) is 123 Å². The number of halogens is 4. The van der Waals surface area contributed by atoms with Gasteiger partial charge < -0.3 is 16.0 Å². The molecule has 5 rings (SSSR count). The summed E-state index contributed by atoms with van der Waals surface area (Å²) in [6, 6.07) is 14.6. The van der Waals surface area contributed by atoms with Crippen molar-refractivity contribution in [3.05, 3.63) is 84.3 Å². The van der Waals surface area contributed by atoms with E-state index in [4.69, 9.17) is 4.78 Å². The van der Waals surface area contributed by atoms with E-state index >= 15 is 0 Å². The van der Waals surface area contributed by atoms with Crippen molar-refractivity contribution < 1.29 is 26.6 Å². The van der Waals surface area contributed by atoms with Gasteiger partial charge in [0.25, 0.3) is 0 Å². The number of aromatic nitrogens is 2. The van der Waals surface area contributed by atoms with Crippen LogP contribution in [0.15, 0.2) is 77.8 Å². The molecule has 9 nitrogen and oxygen atoms in total.